The minimum Gasteiger partial charge on any atom is -0.464 e. The summed E-state index contributed by atoms with van der Waals surface area (Å²) in [6.45, 7) is 0. The van der Waals surface area contributed by atoms with Gasteiger partial charge in [0.1, 0.15) is 5.58 Å². The number of rotatable bonds is 4. The van der Waals surface area contributed by atoms with Gasteiger partial charge in [-0.1, -0.05) is 15.9 Å². The fourth-order valence-electron chi connectivity index (χ4n) is 2.85. The van der Waals surface area contributed by atoms with E-state index in [0.29, 0.717) is 23.1 Å². The molecule has 2 aromatic carbocycles. The molecular formula is C20H13BrN2O3. The van der Waals surface area contributed by atoms with E-state index >= 15 is 0 Å². The molecule has 4 aromatic rings. The van der Waals surface area contributed by atoms with Crippen LogP contribution >= 0.6 is 15.9 Å². The van der Waals surface area contributed by atoms with Crippen LogP contribution in [0.5, 0.6) is 0 Å². The number of benzene rings is 2. The van der Waals surface area contributed by atoms with Gasteiger partial charge in [-0.2, -0.15) is 5.10 Å². The number of halogens is 1. The third-order valence-electron chi connectivity index (χ3n) is 4.08. The van der Waals surface area contributed by atoms with Crippen molar-refractivity contribution in [3.63, 3.8) is 0 Å². The molecular weight excluding hydrogens is 396 g/mol. The number of carbonyl (C=O) groups excluding carboxylic acids is 1. The molecule has 0 atom stereocenters. The molecule has 2 heterocycles. The molecule has 0 radical (unpaired) electrons. The number of ketones is 1. The van der Waals surface area contributed by atoms with E-state index in [-0.39, 0.29) is 11.3 Å². The molecule has 0 fully saturated rings. The molecule has 0 aliphatic rings. The Bertz CT molecular complexity index is 1140. The molecule has 26 heavy (non-hydrogen) atoms. The maximum absolute atomic E-state index is 13.0. The molecule has 0 aliphatic heterocycles. The zero-order valence-electron chi connectivity index (χ0n) is 13.5. The number of H-pyrrole nitrogens is 1. The van der Waals surface area contributed by atoms with Gasteiger partial charge in [0, 0.05) is 27.9 Å². The summed E-state index contributed by atoms with van der Waals surface area (Å²) in [5.74, 6) is -0.103. The van der Waals surface area contributed by atoms with Crippen molar-refractivity contribution in [2.45, 2.75) is 6.42 Å². The monoisotopic (exact) mass is 408 g/mol. The molecule has 0 bridgehead atoms. The predicted octanol–water partition coefficient (Wildman–Crippen LogP) is 4.10. The van der Waals surface area contributed by atoms with Crippen LogP contribution < -0.4 is 5.56 Å². The van der Waals surface area contributed by atoms with Crippen LogP contribution in [0.25, 0.3) is 11.0 Å². The Kier molecular flexibility index (Phi) is 4.26. The predicted molar refractivity (Wildman–Crippen MR) is 101 cm³/mol. The van der Waals surface area contributed by atoms with E-state index in [2.05, 4.69) is 26.1 Å². The first-order valence-electron chi connectivity index (χ1n) is 7.95. The highest BCUT2D eigenvalue weighted by molar-refractivity contribution is 9.10. The normalized spacial score (nSPS) is 11.0. The Balaban J connectivity index is 1.77. The molecule has 0 unspecified atom stereocenters. The summed E-state index contributed by atoms with van der Waals surface area (Å²) in [6.07, 6.45) is 2.07. The Morgan fingerprint density at radius 3 is 2.62 bits per heavy atom. The average molecular weight is 409 g/mol. The molecule has 0 saturated heterocycles. The maximum atomic E-state index is 13.0. The van der Waals surface area contributed by atoms with Crippen LogP contribution in [-0.4, -0.2) is 16.0 Å². The van der Waals surface area contributed by atoms with Crippen LogP contribution in [0.1, 0.15) is 27.2 Å². The lowest BCUT2D eigenvalue weighted by Crippen LogP contribution is -2.08. The summed E-state index contributed by atoms with van der Waals surface area (Å²) in [5, 5.41) is 7.31. The van der Waals surface area contributed by atoms with Gasteiger partial charge in [-0.05, 0) is 54.1 Å². The highest BCUT2D eigenvalue weighted by Gasteiger charge is 2.17. The van der Waals surface area contributed by atoms with Crippen LogP contribution in [0.15, 0.2) is 74.5 Å². The SMILES string of the molecule is O=C(c1ccc(Br)cc1)c1cc(Cc2ccc(=O)[nH]n2)cc2ccoc12. The largest absolute Gasteiger partial charge is 0.464 e. The number of nitrogens with one attached hydrogen (secondary N) is 1. The Hall–Kier alpha value is -2.99. The molecule has 0 amide bonds. The highest BCUT2D eigenvalue weighted by Crippen LogP contribution is 2.26. The summed E-state index contributed by atoms with van der Waals surface area (Å²) in [7, 11) is 0. The van der Waals surface area contributed by atoms with Gasteiger partial charge in [-0.3, -0.25) is 9.59 Å². The van der Waals surface area contributed by atoms with Crippen molar-refractivity contribution in [3.05, 3.63) is 98.1 Å². The smallest absolute Gasteiger partial charge is 0.264 e. The Morgan fingerprint density at radius 1 is 1.08 bits per heavy atom. The standard InChI is InChI=1S/C20H13BrN2O3/c21-15-3-1-13(2-4-15)19(25)17-11-12(9-14-7-8-26-20(14)17)10-16-5-6-18(24)23-22-16/h1-9,11H,10H2,(H,23,24). The molecule has 1 N–H and O–H groups in total. The van der Waals surface area contributed by atoms with Gasteiger partial charge in [0.05, 0.1) is 17.5 Å². The quantitative estimate of drug-likeness (QED) is 0.515. The first kappa shape index (κ1) is 16.5. The van der Waals surface area contributed by atoms with Crippen molar-refractivity contribution < 1.29 is 9.21 Å². The summed E-state index contributed by atoms with van der Waals surface area (Å²) in [4.78, 5) is 24.1. The van der Waals surface area contributed by atoms with Crippen molar-refractivity contribution in [1.82, 2.24) is 10.2 Å². The zero-order chi connectivity index (χ0) is 18.1. The first-order chi connectivity index (χ1) is 12.6. The third kappa shape index (κ3) is 3.23. The summed E-state index contributed by atoms with van der Waals surface area (Å²) >= 11 is 3.38. The minimum atomic E-state index is -0.245. The van der Waals surface area contributed by atoms with Gasteiger partial charge in [0.2, 0.25) is 0 Å². The molecule has 128 valence electrons. The number of nitrogens with zero attached hydrogens (tertiary/aromatic N) is 1. The van der Waals surface area contributed by atoms with Crippen LogP contribution in [0.4, 0.5) is 0 Å². The van der Waals surface area contributed by atoms with Gasteiger partial charge in [0.25, 0.3) is 5.56 Å². The van der Waals surface area contributed by atoms with E-state index in [1.807, 2.05) is 30.3 Å². The molecule has 6 heteroatoms. The summed E-state index contributed by atoms with van der Waals surface area (Å²) in [6, 6.07) is 15.9. The van der Waals surface area contributed by atoms with Gasteiger partial charge < -0.3 is 4.42 Å². The number of hydrogen-bond acceptors (Lipinski definition) is 4. The van der Waals surface area contributed by atoms with E-state index in [1.165, 1.54) is 6.07 Å². The fourth-order valence-corrected chi connectivity index (χ4v) is 3.12. The number of aromatic amines is 1. The zero-order valence-corrected chi connectivity index (χ0v) is 15.1. The molecule has 0 saturated carbocycles. The van der Waals surface area contributed by atoms with Crippen molar-refractivity contribution in [3.8, 4) is 0 Å². The van der Waals surface area contributed by atoms with Gasteiger partial charge in [-0.25, -0.2) is 5.10 Å². The van der Waals surface area contributed by atoms with Crippen molar-refractivity contribution in [2.75, 3.05) is 0 Å². The topological polar surface area (TPSA) is 76.0 Å². The Morgan fingerprint density at radius 2 is 1.88 bits per heavy atom. The van der Waals surface area contributed by atoms with Crippen molar-refractivity contribution in [1.29, 1.82) is 0 Å². The number of furan rings is 1. The second-order valence-electron chi connectivity index (χ2n) is 5.91. The Labute approximate surface area is 156 Å². The number of hydrogen-bond donors (Lipinski definition) is 1. The van der Waals surface area contributed by atoms with Gasteiger partial charge in [-0.15, -0.1) is 0 Å². The number of fused-ring (bicyclic) bond motifs is 1. The maximum Gasteiger partial charge on any atom is 0.264 e. The summed E-state index contributed by atoms with van der Waals surface area (Å²) < 4.78 is 6.46. The van der Waals surface area contributed by atoms with E-state index in [1.54, 1.807) is 24.5 Å². The fraction of sp³-hybridized carbons (Fsp3) is 0.0500. The molecule has 2 aromatic heterocycles. The molecule has 5 nitrogen and oxygen atoms in total. The van der Waals surface area contributed by atoms with Crippen LogP contribution in [0.2, 0.25) is 0 Å². The number of carbonyl (C=O) groups is 1. The van der Waals surface area contributed by atoms with E-state index in [4.69, 9.17) is 4.42 Å². The first-order valence-corrected chi connectivity index (χ1v) is 8.74. The van der Waals surface area contributed by atoms with Gasteiger partial charge >= 0.3 is 0 Å². The average Bonchev–Trinajstić information content (AvgIpc) is 3.11. The second-order valence-corrected chi connectivity index (χ2v) is 6.82. The molecule has 0 spiro atoms. The second kappa shape index (κ2) is 6.72. The highest BCUT2D eigenvalue weighted by atomic mass is 79.9. The molecule has 4 rings (SSSR count). The van der Waals surface area contributed by atoms with Gasteiger partial charge in [0.15, 0.2) is 5.78 Å². The van der Waals surface area contributed by atoms with Crippen LogP contribution in [0, 0.1) is 0 Å². The third-order valence-corrected chi connectivity index (χ3v) is 4.61. The lowest BCUT2D eigenvalue weighted by molar-refractivity contribution is 0.103. The minimum absolute atomic E-state index is 0.103. The van der Waals surface area contributed by atoms with E-state index in [9.17, 15) is 9.59 Å². The van der Waals surface area contributed by atoms with Crippen molar-refractivity contribution in [2.24, 2.45) is 0 Å². The van der Waals surface area contributed by atoms with E-state index in [0.717, 1.165) is 21.1 Å². The number of aromatic nitrogens is 2. The lowest BCUT2D eigenvalue weighted by Gasteiger charge is -2.07. The molecule has 0 aliphatic carbocycles. The summed E-state index contributed by atoms with van der Waals surface area (Å²) in [5.41, 5.74) is 3.05. The van der Waals surface area contributed by atoms with E-state index < -0.39 is 0 Å². The van der Waals surface area contributed by atoms with Crippen molar-refractivity contribution >= 4 is 32.7 Å². The van der Waals surface area contributed by atoms with Crippen LogP contribution in [0.3, 0.4) is 0 Å². The lowest BCUT2D eigenvalue weighted by atomic mass is 9.97. The van der Waals surface area contributed by atoms with Crippen LogP contribution in [-0.2, 0) is 6.42 Å².